The molecule has 2 heterocycles. The highest BCUT2D eigenvalue weighted by molar-refractivity contribution is 5.81. The topological polar surface area (TPSA) is 53.6 Å². The Morgan fingerprint density at radius 3 is 2.83 bits per heavy atom. The molecule has 0 aliphatic carbocycles. The first-order chi connectivity index (χ1) is 8.93. The van der Waals surface area contributed by atoms with E-state index in [1.807, 2.05) is 18.3 Å². The lowest BCUT2D eigenvalue weighted by atomic mass is 10.1. The summed E-state index contributed by atoms with van der Waals surface area (Å²) in [6.45, 7) is 1.58. The molecule has 0 atom stereocenters. The van der Waals surface area contributed by atoms with Crippen LogP contribution >= 0.6 is 0 Å². The molecule has 1 aromatic carbocycles. The second-order valence-electron chi connectivity index (χ2n) is 4.18. The van der Waals surface area contributed by atoms with Gasteiger partial charge in [-0.25, -0.2) is 0 Å². The van der Waals surface area contributed by atoms with Gasteiger partial charge in [0.2, 0.25) is 0 Å². The molecule has 0 unspecified atom stereocenters. The summed E-state index contributed by atoms with van der Waals surface area (Å²) in [5, 5.41) is 11.4. The van der Waals surface area contributed by atoms with Crippen molar-refractivity contribution in [2.45, 2.75) is 13.1 Å². The van der Waals surface area contributed by atoms with Gasteiger partial charge >= 0.3 is 0 Å². The molecular weight excluding hydrogens is 224 g/mol. The number of nitrogens with zero attached hydrogens (tertiary/aromatic N) is 2. The van der Waals surface area contributed by atoms with E-state index >= 15 is 0 Å². The third-order valence-corrected chi connectivity index (χ3v) is 2.91. The fraction of sp³-hybridized carbons (Fsp3) is 0.143. The van der Waals surface area contributed by atoms with Crippen LogP contribution < -0.4 is 5.32 Å². The van der Waals surface area contributed by atoms with Gasteiger partial charge in [-0.2, -0.15) is 5.10 Å². The quantitative estimate of drug-likeness (QED) is 0.733. The zero-order valence-electron chi connectivity index (χ0n) is 9.93. The van der Waals surface area contributed by atoms with E-state index in [0.29, 0.717) is 0 Å². The van der Waals surface area contributed by atoms with Crippen molar-refractivity contribution in [1.29, 1.82) is 0 Å². The molecule has 2 N–H and O–H groups in total. The molecule has 0 aliphatic heterocycles. The van der Waals surface area contributed by atoms with Crippen LogP contribution in [0, 0.1) is 0 Å². The SMILES string of the molecule is c1cnc2c(CNCc3ccn[nH]3)cccc2c1. The Kier molecular flexibility index (Phi) is 3.02. The summed E-state index contributed by atoms with van der Waals surface area (Å²) >= 11 is 0. The molecule has 0 radical (unpaired) electrons. The van der Waals surface area contributed by atoms with Crippen molar-refractivity contribution in [3.05, 3.63) is 60.0 Å². The number of H-pyrrole nitrogens is 1. The van der Waals surface area contributed by atoms with E-state index in [1.54, 1.807) is 6.20 Å². The molecular formula is C14H14N4. The Hall–Kier alpha value is -2.20. The first-order valence-electron chi connectivity index (χ1n) is 5.95. The molecule has 4 heteroatoms. The minimum Gasteiger partial charge on any atom is -0.307 e. The number of fused-ring (bicyclic) bond motifs is 1. The molecule has 18 heavy (non-hydrogen) atoms. The lowest BCUT2D eigenvalue weighted by Crippen LogP contribution is -2.13. The second-order valence-corrected chi connectivity index (χ2v) is 4.18. The predicted molar refractivity (Wildman–Crippen MR) is 70.9 cm³/mol. The van der Waals surface area contributed by atoms with Crippen LogP contribution in [0.15, 0.2) is 48.8 Å². The Morgan fingerprint density at radius 2 is 1.94 bits per heavy atom. The summed E-state index contributed by atoms with van der Waals surface area (Å²) in [5.74, 6) is 0. The number of nitrogens with one attached hydrogen (secondary N) is 2. The number of rotatable bonds is 4. The molecule has 3 aromatic rings. The monoisotopic (exact) mass is 238 g/mol. The second kappa shape index (κ2) is 4.98. The third kappa shape index (κ3) is 2.24. The summed E-state index contributed by atoms with van der Waals surface area (Å²) in [7, 11) is 0. The third-order valence-electron chi connectivity index (χ3n) is 2.91. The normalized spacial score (nSPS) is 10.9. The maximum Gasteiger partial charge on any atom is 0.0746 e. The van der Waals surface area contributed by atoms with Gasteiger partial charge in [0.15, 0.2) is 0 Å². The number of hydrogen-bond acceptors (Lipinski definition) is 3. The van der Waals surface area contributed by atoms with E-state index in [-0.39, 0.29) is 0 Å². The smallest absolute Gasteiger partial charge is 0.0746 e. The van der Waals surface area contributed by atoms with Crippen LogP contribution in [0.1, 0.15) is 11.3 Å². The molecule has 0 fully saturated rings. The lowest BCUT2D eigenvalue weighted by Gasteiger charge is -2.06. The average Bonchev–Trinajstić information content (AvgIpc) is 2.92. The highest BCUT2D eigenvalue weighted by atomic mass is 15.1. The van der Waals surface area contributed by atoms with Crippen molar-refractivity contribution in [2.24, 2.45) is 0 Å². The molecule has 0 saturated carbocycles. The Labute approximate surface area is 105 Å². The summed E-state index contributed by atoms with van der Waals surface area (Å²) in [6, 6.07) is 12.3. The van der Waals surface area contributed by atoms with Gasteiger partial charge in [-0.1, -0.05) is 24.3 Å². The van der Waals surface area contributed by atoms with Crippen LogP contribution in [0.25, 0.3) is 10.9 Å². The molecule has 3 rings (SSSR count). The van der Waals surface area contributed by atoms with Crippen molar-refractivity contribution < 1.29 is 0 Å². The maximum absolute atomic E-state index is 4.44. The van der Waals surface area contributed by atoms with Gasteiger partial charge in [0, 0.05) is 36.6 Å². The number of benzene rings is 1. The lowest BCUT2D eigenvalue weighted by molar-refractivity contribution is 0.679. The van der Waals surface area contributed by atoms with Gasteiger partial charge in [-0.15, -0.1) is 0 Å². The highest BCUT2D eigenvalue weighted by Gasteiger charge is 2.01. The Balaban J connectivity index is 1.74. The summed E-state index contributed by atoms with van der Waals surface area (Å²) < 4.78 is 0. The van der Waals surface area contributed by atoms with Crippen molar-refractivity contribution in [3.63, 3.8) is 0 Å². The molecule has 0 amide bonds. The van der Waals surface area contributed by atoms with E-state index < -0.39 is 0 Å². The fourth-order valence-electron chi connectivity index (χ4n) is 2.03. The van der Waals surface area contributed by atoms with E-state index in [2.05, 4.69) is 44.8 Å². The van der Waals surface area contributed by atoms with Gasteiger partial charge in [-0.3, -0.25) is 10.1 Å². The van der Waals surface area contributed by atoms with E-state index in [9.17, 15) is 0 Å². The number of aromatic amines is 1. The maximum atomic E-state index is 4.44. The first-order valence-corrected chi connectivity index (χ1v) is 5.95. The molecule has 0 spiro atoms. The number of pyridine rings is 1. The molecule has 4 nitrogen and oxygen atoms in total. The van der Waals surface area contributed by atoms with Crippen LogP contribution in [0.2, 0.25) is 0 Å². The van der Waals surface area contributed by atoms with E-state index in [1.165, 1.54) is 10.9 Å². The van der Waals surface area contributed by atoms with Crippen molar-refractivity contribution in [1.82, 2.24) is 20.5 Å². The summed E-state index contributed by atoms with van der Waals surface area (Å²) in [5.41, 5.74) is 3.37. The minimum absolute atomic E-state index is 0.781. The van der Waals surface area contributed by atoms with Gasteiger partial charge in [-0.05, 0) is 17.7 Å². The number of aromatic nitrogens is 3. The number of para-hydroxylation sites is 1. The van der Waals surface area contributed by atoms with Gasteiger partial charge in [0.25, 0.3) is 0 Å². The molecule has 0 aliphatic rings. The predicted octanol–water partition coefficient (Wildman–Crippen LogP) is 2.25. The number of hydrogen-bond donors (Lipinski definition) is 2. The van der Waals surface area contributed by atoms with Gasteiger partial charge < -0.3 is 5.32 Å². The van der Waals surface area contributed by atoms with Crippen LogP contribution in [-0.2, 0) is 13.1 Å². The first kappa shape index (κ1) is 10.9. The van der Waals surface area contributed by atoms with Crippen LogP contribution in [0.3, 0.4) is 0 Å². The minimum atomic E-state index is 0.781. The van der Waals surface area contributed by atoms with Gasteiger partial charge in [0.05, 0.1) is 5.52 Å². The zero-order chi connectivity index (χ0) is 12.2. The standard InChI is InChI=1S/C14H14N4/c1-3-11-5-2-7-16-14(11)12(4-1)9-15-10-13-6-8-17-18-13/h1-8,15H,9-10H2,(H,17,18). The van der Waals surface area contributed by atoms with Crippen LogP contribution in [0.5, 0.6) is 0 Å². The fourth-order valence-corrected chi connectivity index (χ4v) is 2.03. The summed E-state index contributed by atoms with van der Waals surface area (Å²) in [4.78, 5) is 4.44. The molecule has 90 valence electrons. The highest BCUT2D eigenvalue weighted by Crippen LogP contribution is 2.15. The van der Waals surface area contributed by atoms with Crippen LogP contribution in [-0.4, -0.2) is 15.2 Å². The van der Waals surface area contributed by atoms with E-state index in [4.69, 9.17) is 0 Å². The van der Waals surface area contributed by atoms with Gasteiger partial charge in [0.1, 0.15) is 0 Å². The van der Waals surface area contributed by atoms with Crippen molar-refractivity contribution in [3.8, 4) is 0 Å². The van der Waals surface area contributed by atoms with Crippen molar-refractivity contribution >= 4 is 10.9 Å². The Bertz CT molecular complexity index is 626. The molecule has 2 aromatic heterocycles. The van der Waals surface area contributed by atoms with Crippen LogP contribution in [0.4, 0.5) is 0 Å². The average molecular weight is 238 g/mol. The van der Waals surface area contributed by atoms with Crippen molar-refractivity contribution in [2.75, 3.05) is 0 Å². The molecule has 0 saturated heterocycles. The molecule has 0 bridgehead atoms. The zero-order valence-corrected chi connectivity index (χ0v) is 9.93. The largest absolute Gasteiger partial charge is 0.307 e. The summed E-state index contributed by atoms with van der Waals surface area (Å²) in [6.07, 6.45) is 3.59. The van der Waals surface area contributed by atoms with E-state index in [0.717, 1.165) is 24.3 Å². The Morgan fingerprint density at radius 1 is 1.00 bits per heavy atom.